The molecule has 0 amide bonds. The van der Waals surface area contributed by atoms with Crippen molar-refractivity contribution in [3.63, 3.8) is 0 Å². The van der Waals surface area contributed by atoms with Crippen LogP contribution in [-0.2, 0) is 14.3 Å². The molecular weight excluding hydrogens is 232 g/mol. The van der Waals surface area contributed by atoms with E-state index in [1.807, 2.05) is 0 Å². The molecule has 0 bridgehead atoms. The number of esters is 1. The van der Waals surface area contributed by atoms with Crippen molar-refractivity contribution in [2.24, 2.45) is 0 Å². The van der Waals surface area contributed by atoms with Crippen LogP contribution >= 0.6 is 11.6 Å². The molecule has 1 rings (SSSR count). The minimum Gasteiger partial charge on any atom is -0.507 e. The summed E-state index contributed by atoms with van der Waals surface area (Å²) in [4.78, 5) is 21.9. The molecule has 0 saturated carbocycles. The third kappa shape index (κ3) is 3.10. The monoisotopic (exact) mass is 240 g/mol. The Morgan fingerprint density at radius 2 is 2.12 bits per heavy atom. The van der Waals surface area contributed by atoms with E-state index in [1.54, 1.807) is 18.2 Å². The molecule has 0 spiro atoms. The third-order valence-corrected chi connectivity index (χ3v) is 2.01. The molecule has 0 radical (unpaired) electrons. The van der Waals surface area contributed by atoms with Gasteiger partial charge in [-0.2, -0.15) is 0 Å². The molecule has 0 unspecified atom stereocenters. The van der Waals surface area contributed by atoms with Crippen molar-refractivity contribution in [2.75, 3.05) is 7.11 Å². The van der Waals surface area contributed by atoms with Crippen molar-refractivity contribution in [2.45, 2.75) is 0 Å². The fraction of sp³-hybridized carbons (Fsp3) is 0.0909. The highest BCUT2D eigenvalue weighted by Gasteiger charge is 2.12. The number of aliphatic hydroxyl groups is 1. The first-order valence-corrected chi connectivity index (χ1v) is 4.71. The van der Waals surface area contributed by atoms with Crippen molar-refractivity contribution < 1.29 is 19.4 Å². The molecule has 5 heteroatoms. The lowest BCUT2D eigenvalue weighted by molar-refractivity contribution is -0.149. The summed E-state index contributed by atoms with van der Waals surface area (Å²) in [6.45, 7) is 0. The van der Waals surface area contributed by atoms with Crippen LogP contribution in [0, 0.1) is 0 Å². The molecule has 1 N–H and O–H groups in total. The van der Waals surface area contributed by atoms with Gasteiger partial charge in [0.25, 0.3) is 5.78 Å². The van der Waals surface area contributed by atoms with Gasteiger partial charge in [0, 0.05) is 16.7 Å². The summed E-state index contributed by atoms with van der Waals surface area (Å²) in [5.41, 5.74) is 0.352. The Hall–Kier alpha value is -1.81. The van der Waals surface area contributed by atoms with E-state index < -0.39 is 11.8 Å². The van der Waals surface area contributed by atoms with Crippen LogP contribution in [0.3, 0.4) is 0 Å². The third-order valence-electron chi connectivity index (χ3n) is 1.77. The predicted molar refractivity (Wildman–Crippen MR) is 59.1 cm³/mol. The lowest BCUT2D eigenvalue weighted by Crippen LogP contribution is -2.13. The van der Waals surface area contributed by atoms with Crippen LogP contribution in [0.5, 0.6) is 0 Å². The Morgan fingerprint density at radius 3 is 2.69 bits per heavy atom. The van der Waals surface area contributed by atoms with E-state index >= 15 is 0 Å². The van der Waals surface area contributed by atoms with Gasteiger partial charge in [0.2, 0.25) is 0 Å². The molecule has 1 aromatic rings. The zero-order valence-electron chi connectivity index (χ0n) is 8.44. The zero-order valence-corrected chi connectivity index (χ0v) is 9.19. The van der Waals surface area contributed by atoms with E-state index in [-0.39, 0.29) is 5.76 Å². The maximum absolute atomic E-state index is 11.1. The SMILES string of the molecule is COC(=O)C(=O)/C=C(\O)c1cccc(Cl)c1. The molecule has 16 heavy (non-hydrogen) atoms. The van der Waals surface area contributed by atoms with Gasteiger partial charge >= 0.3 is 5.97 Å². The number of hydrogen-bond donors (Lipinski definition) is 1. The number of carbonyl (C=O) groups is 2. The molecule has 0 aliphatic heterocycles. The van der Waals surface area contributed by atoms with Crippen LogP contribution in [0.4, 0.5) is 0 Å². The molecule has 0 saturated heterocycles. The normalized spacial score (nSPS) is 11.0. The summed E-state index contributed by atoms with van der Waals surface area (Å²) in [6.07, 6.45) is 0.789. The number of carbonyl (C=O) groups excluding carboxylic acids is 2. The van der Waals surface area contributed by atoms with Gasteiger partial charge in [-0.15, -0.1) is 0 Å². The van der Waals surface area contributed by atoms with Crippen molar-refractivity contribution >= 4 is 29.1 Å². The second kappa shape index (κ2) is 5.32. The Bertz CT molecular complexity index is 451. The van der Waals surface area contributed by atoms with Crippen LogP contribution < -0.4 is 0 Å². The highest BCUT2D eigenvalue weighted by atomic mass is 35.5. The number of halogens is 1. The molecule has 0 fully saturated rings. The van der Waals surface area contributed by atoms with Crippen LogP contribution in [0.25, 0.3) is 5.76 Å². The second-order valence-electron chi connectivity index (χ2n) is 2.90. The molecule has 1 aromatic carbocycles. The van der Waals surface area contributed by atoms with Gasteiger partial charge in [-0.3, -0.25) is 4.79 Å². The topological polar surface area (TPSA) is 63.6 Å². The van der Waals surface area contributed by atoms with Gasteiger partial charge in [0.05, 0.1) is 7.11 Å². The fourth-order valence-corrected chi connectivity index (χ4v) is 1.21. The predicted octanol–water partition coefficient (Wildman–Crippen LogP) is 1.98. The number of ketones is 1. The first-order valence-electron chi connectivity index (χ1n) is 4.33. The quantitative estimate of drug-likeness (QED) is 0.380. The van der Waals surface area contributed by atoms with Gasteiger partial charge < -0.3 is 9.84 Å². The molecule has 0 aliphatic rings. The highest BCUT2D eigenvalue weighted by Crippen LogP contribution is 2.16. The summed E-state index contributed by atoms with van der Waals surface area (Å²) in [6, 6.07) is 6.27. The molecule has 0 aromatic heterocycles. The first kappa shape index (κ1) is 12.3. The summed E-state index contributed by atoms with van der Waals surface area (Å²) >= 11 is 5.70. The average Bonchev–Trinajstić information content (AvgIpc) is 2.27. The molecule has 84 valence electrons. The number of aliphatic hydroxyl groups excluding tert-OH is 1. The maximum Gasteiger partial charge on any atom is 0.378 e. The van der Waals surface area contributed by atoms with Crippen molar-refractivity contribution in [3.8, 4) is 0 Å². The van der Waals surface area contributed by atoms with Crippen LogP contribution in [0.1, 0.15) is 5.56 Å². The minimum absolute atomic E-state index is 0.335. The largest absolute Gasteiger partial charge is 0.507 e. The van der Waals surface area contributed by atoms with Crippen molar-refractivity contribution in [3.05, 3.63) is 40.9 Å². The number of rotatable bonds is 3. The first-order chi connectivity index (χ1) is 7.54. The van der Waals surface area contributed by atoms with E-state index in [9.17, 15) is 14.7 Å². The number of hydrogen-bond acceptors (Lipinski definition) is 4. The van der Waals surface area contributed by atoms with Gasteiger partial charge in [0.15, 0.2) is 0 Å². The average molecular weight is 241 g/mol. The van der Waals surface area contributed by atoms with Gasteiger partial charge in [0.1, 0.15) is 5.76 Å². The van der Waals surface area contributed by atoms with Crippen molar-refractivity contribution in [1.29, 1.82) is 0 Å². The molecule has 0 aliphatic carbocycles. The standard InChI is InChI=1S/C11H9ClO4/c1-16-11(15)10(14)6-9(13)7-3-2-4-8(12)5-7/h2-6,13H,1H3/b9-6-. The Morgan fingerprint density at radius 1 is 1.44 bits per heavy atom. The summed E-state index contributed by atoms with van der Waals surface area (Å²) in [5, 5.41) is 9.95. The maximum atomic E-state index is 11.1. The lowest BCUT2D eigenvalue weighted by atomic mass is 10.1. The smallest absolute Gasteiger partial charge is 0.378 e. The van der Waals surface area contributed by atoms with E-state index in [1.165, 1.54) is 6.07 Å². The molecule has 4 nitrogen and oxygen atoms in total. The zero-order chi connectivity index (χ0) is 12.1. The van der Waals surface area contributed by atoms with Gasteiger partial charge in [-0.05, 0) is 12.1 Å². The number of benzene rings is 1. The Kier molecular flexibility index (Phi) is 4.08. The van der Waals surface area contributed by atoms with E-state index in [2.05, 4.69) is 4.74 Å². The lowest BCUT2D eigenvalue weighted by Gasteiger charge is -2.00. The number of ether oxygens (including phenoxy) is 1. The Labute approximate surface area is 97.1 Å². The van der Waals surface area contributed by atoms with Gasteiger partial charge in [-0.25, -0.2) is 4.79 Å². The summed E-state index contributed by atoms with van der Waals surface area (Å²) in [7, 11) is 1.09. The van der Waals surface area contributed by atoms with Crippen LogP contribution in [0.2, 0.25) is 5.02 Å². The van der Waals surface area contributed by atoms with Crippen molar-refractivity contribution in [1.82, 2.24) is 0 Å². The van der Waals surface area contributed by atoms with E-state index in [0.29, 0.717) is 10.6 Å². The van der Waals surface area contributed by atoms with Gasteiger partial charge in [-0.1, -0.05) is 23.7 Å². The van der Waals surface area contributed by atoms with Crippen LogP contribution in [0.15, 0.2) is 30.3 Å². The van der Waals surface area contributed by atoms with Crippen LogP contribution in [-0.4, -0.2) is 24.0 Å². The minimum atomic E-state index is -1.03. The molecule has 0 heterocycles. The Balaban J connectivity index is 2.93. The summed E-state index contributed by atoms with van der Waals surface area (Å²) < 4.78 is 4.20. The van der Waals surface area contributed by atoms with E-state index in [4.69, 9.17) is 11.6 Å². The van der Waals surface area contributed by atoms with E-state index in [0.717, 1.165) is 13.2 Å². The summed E-state index contributed by atoms with van der Waals surface area (Å²) in [5.74, 6) is -2.30. The fourth-order valence-electron chi connectivity index (χ4n) is 1.01. The molecule has 0 atom stereocenters. The second-order valence-corrected chi connectivity index (χ2v) is 3.33. The highest BCUT2D eigenvalue weighted by molar-refractivity contribution is 6.39. The molecular formula is C11H9ClO4. The number of methoxy groups -OCH3 is 1.